The van der Waals surface area contributed by atoms with E-state index in [-0.39, 0.29) is 24.6 Å². The number of hydrogen-bond acceptors (Lipinski definition) is 4. The molecule has 0 N–H and O–H groups in total. The van der Waals surface area contributed by atoms with Gasteiger partial charge in [0.2, 0.25) is 0 Å². The summed E-state index contributed by atoms with van der Waals surface area (Å²) in [4.78, 5) is 0. The Kier molecular flexibility index (Phi) is 3.11. The van der Waals surface area contributed by atoms with Gasteiger partial charge in [0.25, 0.3) is 0 Å². The van der Waals surface area contributed by atoms with Crippen LogP contribution < -0.4 is 0 Å². The molecule has 4 atom stereocenters. The van der Waals surface area contributed by atoms with Crippen molar-refractivity contribution >= 4 is 0 Å². The molecule has 4 heteroatoms. The first-order chi connectivity index (χ1) is 8.38. The van der Waals surface area contributed by atoms with Crippen LogP contribution in [0.15, 0.2) is 30.3 Å². The molecule has 2 saturated heterocycles. The van der Waals surface area contributed by atoms with Crippen molar-refractivity contribution in [3.8, 4) is 0 Å². The number of rotatable bonds is 5. The van der Waals surface area contributed by atoms with Crippen LogP contribution in [0.5, 0.6) is 0 Å². The molecule has 0 bridgehead atoms. The normalized spacial score (nSPS) is 34.6. The van der Waals surface area contributed by atoms with E-state index >= 15 is 0 Å². The van der Waals surface area contributed by atoms with Crippen molar-refractivity contribution in [2.45, 2.75) is 31.2 Å². The molecule has 0 radical (unpaired) electrons. The van der Waals surface area contributed by atoms with Crippen LogP contribution in [0, 0.1) is 0 Å². The minimum absolute atomic E-state index is 0.00802. The van der Waals surface area contributed by atoms with Gasteiger partial charge in [0, 0.05) is 7.11 Å². The first-order valence-electron chi connectivity index (χ1n) is 5.84. The molecule has 0 aliphatic carbocycles. The first kappa shape index (κ1) is 11.2. The van der Waals surface area contributed by atoms with Crippen LogP contribution >= 0.6 is 0 Å². The lowest BCUT2D eigenvalue weighted by Gasteiger charge is -2.16. The van der Waals surface area contributed by atoms with E-state index in [0.717, 1.165) is 0 Å². The van der Waals surface area contributed by atoms with Crippen LogP contribution in [0.25, 0.3) is 0 Å². The smallest absolute Gasteiger partial charge is 0.186 e. The second-order valence-corrected chi connectivity index (χ2v) is 4.34. The zero-order valence-electron chi connectivity index (χ0n) is 9.74. The predicted molar refractivity (Wildman–Crippen MR) is 60.4 cm³/mol. The van der Waals surface area contributed by atoms with Gasteiger partial charge >= 0.3 is 0 Å². The highest BCUT2D eigenvalue weighted by atomic mass is 16.8. The van der Waals surface area contributed by atoms with E-state index in [4.69, 9.17) is 18.9 Å². The Morgan fingerprint density at radius 3 is 2.65 bits per heavy atom. The Balaban J connectivity index is 1.44. The molecule has 0 unspecified atom stereocenters. The van der Waals surface area contributed by atoms with E-state index in [9.17, 15) is 0 Å². The van der Waals surface area contributed by atoms with Crippen LogP contribution in [0.2, 0.25) is 0 Å². The fraction of sp³-hybridized carbons (Fsp3) is 0.538. The molecule has 0 spiro atoms. The van der Waals surface area contributed by atoms with Gasteiger partial charge in [-0.3, -0.25) is 0 Å². The molecule has 17 heavy (non-hydrogen) atoms. The summed E-state index contributed by atoms with van der Waals surface area (Å²) in [6.07, 6.45) is 0.0695. The largest absolute Gasteiger partial charge is 0.374 e. The maximum absolute atomic E-state index is 5.64. The van der Waals surface area contributed by atoms with Gasteiger partial charge in [-0.15, -0.1) is 0 Å². The zero-order valence-corrected chi connectivity index (χ0v) is 9.74. The Labute approximate surface area is 100 Å². The third-order valence-corrected chi connectivity index (χ3v) is 3.13. The summed E-state index contributed by atoms with van der Waals surface area (Å²) in [5, 5.41) is 0. The third kappa shape index (κ3) is 2.35. The quantitative estimate of drug-likeness (QED) is 0.723. The minimum atomic E-state index is -0.217. The van der Waals surface area contributed by atoms with Gasteiger partial charge in [-0.05, 0) is 5.56 Å². The molecule has 1 aromatic rings. The van der Waals surface area contributed by atoms with E-state index < -0.39 is 0 Å². The Morgan fingerprint density at radius 1 is 1.12 bits per heavy atom. The van der Waals surface area contributed by atoms with Crippen LogP contribution in [0.3, 0.4) is 0 Å². The molecule has 1 aromatic carbocycles. The summed E-state index contributed by atoms with van der Waals surface area (Å²) in [7, 11) is 1.64. The standard InChI is InChI=1S/C13H16O4/c1-14-13-12-11(17-12)10(16-13)8-15-7-9-5-3-2-4-6-9/h2-6,10-13H,7-8H2,1H3/t10-,11-,12+,13+/m1/s1. The summed E-state index contributed by atoms with van der Waals surface area (Å²) in [5.74, 6) is 0. The molecule has 0 saturated carbocycles. The molecule has 4 nitrogen and oxygen atoms in total. The van der Waals surface area contributed by atoms with Gasteiger partial charge in [0.1, 0.15) is 18.3 Å². The number of benzene rings is 1. The molecule has 2 fully saturated rings. The van der Waals surface area contributed by atoms with Gasteiger partial charge in [-0.1, -0.05) is 30.3 Å². The summed E-state index contributed by atoms with van der Waals surface area (Å²) in [6.45, 7) is 1.16. The van der Waals surface area contributed by atoms with E-state index in [1.165, 1.54) is 5.56 Å². The molecule has 2 aliphatic rings. The van der Waals surface area contributed by atoms with Crippen molar-refractivity contribution in [3.63, 3.8) is 0 Å². The lowest BCUT2D eigenvalue weighted by molar-refractivity contribution is -0.171. The highest BCUT2D eigenvalue weighted by Gasteiger charge is 2.58. The second-order valence-electron chi connectivity index (χ2n) is 4.34. The van der Waals surface area contributed by atoms with Crippen LogP contribution in [-0.4, -0.2) is 38.3 Å². The van der Waals surface area contributed by atoms with Crippen molar-refractivity contribution in [3.05, 3.63) is 35.9 Å². The van der Waals surface area contributed by atoms with Gasteiger partial charge in [0.05, 0.1) is 13.2 Å². The average Bonchev–Trinajstić information content (AvgIpc) is 3.09. The molecule has 2 heterocycles. The number of methoxy groups -OCH3 is 1. The number of hydrogen-bond donors (Lipinski definition) is 0. The van der Waals surface area contributed by atoms with Crippen molar-refractivity contribution in [1.29, 1.82) is 0 Å². The van der Waals surface area contributed by atoms with Gasteiger partial charge in [0.15, 0.2) is 6.29 Å². The summed E-state index contributed by atoms with van der Waals surface area (Å²) < 4.78 is 21.9. The second kappa shape index (κ2) is 4.74. The highest BCUT2D eigenvalue weighted by Crippen LogP contribution is 2.39. The van der Waals surface area contributed by atoms with E-state index in [2.05, 4.69) is 0 Å². The van der Waals surface area contributed by atoms with Gasteiger partial charge < -0.3 is 18.9 Å². The van der Waals surface area contributed by atoms with E-state index in [0.29, 0.717) is 13.2 Å². The zero-order chi connectivity index (χ0) is 11.7. The lowest BCUT2D eigenvalue weighted by atomic mass is 10.2. The molecule has 2 aliphatic heterocycles. The number of ether oxygens (including phenoxy) is 4. The van der Waals surface area contributed by atoms with Crippen molar-refractivity contribution in [2.24, 2.45) is 0 Å². The number of fused-ring (bicyclic) bond motifs is 1. The monoisotopic (exact) mass is 236 g/mol. The summed E-state index contributed by atoms with van der Waals surface area (Å²) in [6, 6.07) is 10.1. The minimum Gasteiger partial charge on any atom is -0.374 e. The van der Waals surface area contributed by atoms with E-state index in [1.54, 1.807) is 7.11 Å². The average molecular weight is 236 g/mol. The van der Waals surface area contributed by atoms with Crippen LogP contribution in [-0.2, 0) is 25.6 Å². The molecular weight excluding hydrogens is 220 g/mol. The molecule has 92 valence electrons. The van der Waals surface area contributed by atoms with Crippen LogP contribution in [0.4, 0.5) is 0 Å². The topological polar surface area (TPSA) is 40.2 Å². The predicted octanol–water partition coefficient (Wildman–Crippen LogP) is 1.34. The lowest BCUT2D eigenvalue weighted by Crippen LogP contribution is -2.25. The molecule has 3 rings (SSSR count). The van der Waals surface area contributed by atoms with Gasteiger partial charge in [-0.25, -0.2) is 0 Å². The van der Waals surface area contributed by atoms with E-state index in [1.807, 2.05) is 30.3 Å². The van der Waals surface area contributed by atoms with Crippen molar-refractivity contribution in [1.82, 2.24) is 0 Å². The molecular formula is C13H16O4. The Bertz CT molecular complexity index is 367. The first-order valence-corrected chi connectivity index (χ1v) is 5.84. The summed E-state index contributed by atoms with van der Waals surface area (Å²) in [5.41, 5.74) is 1.17. The van der Waals surface area contributed by atoms with Crippen molar-refractivity contribution in [2.75, 3.05) is 13.7 Å². The SMILES string of the molecule is CO[C@H]1O[C@H](COCc2ccccc2)[C@H]2O[C@H]12. The molecule has 0 aromatic heterocycles. The Hall–Kier alpha value is -0.940. The van der Waals surface area contributed by atoms with Gasteiger partial charge in [-0.2, -0.15) is 0 Å². The highest BCUT2D eigenvalue weighted by molar-refractivity contribution is 5.13. The van der Waals surface area contributed by atoms with Crippen LogP contribution in [0.1, 0.15) is 5.56 Å². The fourth-order valence-corrected chi connectivity index (χ4v) is 2.17. The maximum Gasteiger partial charge on any atom is 0.186 e. The molecule has 0 amide bonds. The number of epoxide rings is 1. The van der Waals surface area contributed by atoms with Crippen molar-refractivity contribution < 1.29 is 18.9 Å². The Morgan fingerprint density at radius 2 is 1.94 bits per heavy atom. The maximum atomic E-state index is 5.64. The fourth-order valence-electron chi connectivity index (χ4n) is 2.17. The third-order valence-electron chi connectivity index (χ3n) is 3.13. The summed E-state index contributed by atoms with van der Waals surface area (Å²) >= 11 is 0.